The summed E-state index contributed by atoms with van der Waals surface area (Å²) in [7, 11) is 0. The summed E-state index contributed by atoms with van der Waals surface area (Å²) in [6.45, 7) is 16.8. The number of oxazole rings is 1. The third-order valence-corrected chi connectivity index (χ3v) is 6.35. The number of amides is 1. The molecular formula is C33H42N4O3. The van der Waals surface area contributed by atoms with E-state index >= 15 is 0 Å². The minimum atomic E-state index is -0.664. The predicted octanol–water partition coefficient (Wildman–Crippen LogP) is 6.60. The molecule has 1 aliphatic rings. The first-order chi connectivity index (χ1) is 19.0. The number of aromatic nitrogens is 1. The minimum Gasteiger partial charge on any atom is -0.405 e. The highest BCUT2D eigenvalue weighted by Crippen LogP contribution is 2.28. The molecule has 0 bridgehead atoms. The molecule has 0 saturated carbocycles. The lowest BCUT2D eigenvalue weighted by Gasteiger charge is -2.36. The molecule has 0 unspecified atom stereocenters. The van der Waals surface area contributed by atoms with Gasteiger partial charge in [0.2, 0.25) is 0 Å². The third-order valence-electron chi connectivity index (χ3n) is 6.35. The van der Waals surface area contributed by atoms with Crippen LogP contribution in [-0.4, -0.2) is 47.7 Å². The van der Waals surface area contributed by atoms with Gasteiger partial charge in [-0.1, -0.05) is 82.3 Å². The van der Waals surface area contributed by atoms with Crippen LogP contribution < -0.4 is 16.0 Å². The zero-order valence-corrected chi connectivity index (χ0v) is 24.6. The van der Waals surface area contributed by atoms with E-state index in [1.807, 2.05) is 32.0 Å². The number of hydrogen-bond acceptors (Lipinski definition) is 5. The van der Waals surface area contributed by atoms with E-state index < -0.39 is 11.8 Å². The quantitative estimate of drug-likeness (QED) is 0.308. The number of piperazine rings is 1. The monoisotopic (exact) mass is 542 g/mol. The van der Waals surface area contributed by atoms with Gasteiger partial charge in [-0.25, -0.2) is 9.59 Å². The standard InChI is InChI=1S/C28H30N4O3.C5H12/c1-20(2)29-27(33)32-25-13-7-12-24(26(25)35-28(32)34)31-16-14-30(15-17-31)19-21-8-6-11-23(18-21)22-9-4-3-5-10-22;1-5(2,3)4/h3-13,18,20H,14-17,19H2,1-2H3,(H,29,33);1-4H3. The molecule has 0 spiro atoms. The highest BCUT2D eigenvalue weighted by atomic mass is 16.4. The van der Waals surface area contributed by atoms with Gasteiger partial charge in [0.25, 0.3) is 0 Å². The van der Waals surface area contributed by atoms with Gasteiger partial charge in [-0.3, -0.25) is 4.90 Å². The van der Waals surface area contributed by atoms with Crippen molar-refractivity contribution in [3.63, 3.8) is 0 Å². The second kappa shape index (κ2) is 12.6. The van der Waals surface area contributed by atoms with Crippen LogP contribution in [0.4, 0.5) is 10.5 Å². The van der Waals surface area contributed by atoms with Crippen molar-refractivity contribution < 1.29 is 9.21 Å². The lowest BCUT2D eigenvalue weighted by Crippen LogP contribution is -2.46. The molecule has 0 atom stereocenters. The molecule has 4 aromatic rings. The summed E-state index contributed by atoms with van der Waals surface area (Å²) in [5.74, 6) is -0.664. The molecule has 1 amide bonds. The average molecular weight is 543 g/mol. The number of nitrogens with zero attached hydrogens (tertiary/aromatic N) is 3. The van der Waals surface area contributed by atoms with Crippen molar-refractivity contribution in [2.24, 2.45) is 5.41 Å². The van der Waals surface area contributed by atoms with Crippen LogP contribution in [0.2, 0.25) is 0 Å². The maximum atomic E-state index is 12.5. The SMILES string of the molecule is CC(C)(C)C.CC(C)NC(=O)n1c(=O)oc2c(N3CCN(Cc4cccc(-c5ccccc5)c4)CC3)cccc21. The van der Waals surface area contributed by atoms with Crippen molar-refractivity contribution in [1.82, 2.24) is 14.8 Å². The zero-order valence-electron chi connectivity index (χ0n) is 24.6. The van der Waals surface area contributed by atoms with Gasteiger partial charge in [-0.05, 0) is 54.2 Å². The smallest absolute Gasteiger partial charge is 0.405 e. The van der Waals surface area contributed by atoms with Crippen LogP contribution in [-0.2, 0) is 6.54 Å². The molecule has 40 heavy (non-hydrogen) atoms. The third kappa shape index (κ3) is 7.63. The van der Waals surface area contributed by atoms with E-state index in [9.17, 15) is 9.59 Å². The Labute approximate surface area is 237 Å². The molecule has 1 N–H and O–H groups in total. The summed E-state index contributed by atoms with van der Waals surface area (Å²) in [6.07, 6.45) is 0. The van der Waals surface area contributed by atoms with Crippen LogP contribution in [0.3, 0.4) is 0 Å². The summed E-state index contributed by atoms with van der Waals surface area (Å²) in [5.41, 5.74) is 6.05. The second-order valence-corrected chi connectivity index (χ2v) is 12.3. The number of benzene rings is 3. The van der Waals surface area contributed by atoms with E-state index in [1.165, 1.54) is 16.7 Å². The normalized spacial score (nSPS) is 14.2. The van der Waals surface area contributed by atoms with Crippen LogP contribution in [0.1, 0.15) is 47.1 Å². The summed E-state index contributed by atoms with van der Waals surface area (Å²) in [5, 5.41) is 2.76. The average Bonchev–Trinajstić information content (AvgIpc) is 3.24. The molecule has 0 radical (unpaired) electrons. The molecule has 1 aliphatic heterocycles. The number of carbonyl (C=O) groups is 1. The molecule has 0 aliphatic carbocycles. The number of rotatable bonds is 5. The Morgan fingerprint density at radius 3 is 2.15 bits per heavy atom. The molecule has 1 aromatic heterocycles. The zero-order chi connectivity index (χ0) is 28.9. The molecule has 3 aromatic carbocycles. The van der Waals surface area contributed by atoms with Gasteiger partial charge in [0, 0.05) is 38.8 Å². The molecule has 1 saturated heterocycles. The van der Waals surface area contributed by atoms with E-state index in [4.69, 9.17) is 4.42 Å². The molecule has 7 nitrogen and oxygen atoms in total. The predicted molar refractivity (Wildman–Crippen MR) is 164 cm³/mol. The first-order valence-electron chi connectivity index (χ1n) is 14.1. The number of fused-ring (bicyclic) bond motifs is 1. The number of anilines is 1. The lowest BCUT2D eigenvalue weighted by molar-refractivity contribution is 0.239. The van der Waals surface area contributed by atoms with Crippen LogP contribution in [0.5, 0.6) is 0 Å². The van der Waals surface area contributed by atoms with E-state index in [2.05, 4.69) is 91.3 Å². The Morgan fingerprint density at radius 1 is 0.875 bits per heavy atom. The minimum absolute atomic E-state index is 0.0796. The van der Waals surface area contributed by atoms with Crippen molar-refractivity contribution in [2.45, 2.75) is 54.1 Å². The van der Waals surface area contributed by atoms with Gasteiger partial charge in [-0.2, -0.15) is 4.57 Å². The van der Waals surface area contributed by atoms with Gasteiger partial charge in [0.05, 0.1) is 5.69 Å². The Hall–Kier alpha value is -3.84. The number of nitrogens with one attached hydrogen (secondary N) is 1. The Kier molecular flexibility index (Phi) is 9.15. The highest BCUT2D eigenvalue weighted by Gasteiger charge is 2.24. The van der Waals surface area contributed by atoms with Crippen molar-refractivity contribution in [3.05, 3.63) is 88.9 Å². The summed E-state index contributed by atoms with van der Waals surface area (Å²) < 4.78 is 6.63. The highest BCUT2D eigenvalue weighted by molar-refractivity contribution is 5.94. The van der Waals surface area contributed by atoms with Gasteiger partial charge in [0.1, 0.15) is 5.52 Å². The van der Waals surface area contributed by atoms with Gasteiger partial charge >= 0.3 is 11.8 Å². The molecule has 7 heteroatoms. The van der Waals surface area contributed by atoms with Crippen LogP contribution in [0.15, 0.2) is 82.0 Å². The van der Waals surface area contributed by atoms with E-state index in [1.54, 1.807) is 6.07 Å². The molecule has 212 valence electrons. The first-order valence-corrected chi connectivity index (χ1v) is 14.1. The van der Waals surface area contributed by atoms with Crippen molar-refractivity contribution in [1.29, 1.82) is 0 Å². The number of carbonyl (C=O) groups excluding carboxylic acids is 1. The molecule has 2 heterocycles. The van der Waals surface area contributed by atoms with Gasteiger partial charge in [-0.15, -0.1) is 0 Å². The summed E-state index contributed by atoms with van der Waals surface area (Å²) >= 11 is 0. The lowest BCUT2D eigenvalue weighted by atomic mass is 10.0. The number of hydrogen-bond donors (Lipinski definition) is 1. The summed E-state index contributed by atoms with van der Waals surface area (Å²) in [6, 6.07) is 24.2. The van der Waals surface area contributed by atoms with Crippen LogP contribution in [0.25, 0.3) is 22.2 Å². The molecule has 5 rings (SSSR count). The maximum Gasteiger partial charge on any atom is 0.428 e. The Bertz CT molecular complexity index is 1470. The van der Waals surface area contributed by atoms with Crippen LogP contribution >= 0.6 is 0 Å². The largest absolute Gasteiger partial charge is 0.428 e. The molecule has 1 fully saturated rings. The van der Waals surface area contributed by atoms with Gasteiger partial charge < -0.3 is 14.6 Å². The van der Waals surface area contributed by atoms with Gasteiger partial charge in [0.15, 0.2) is 5.58 Å². The van der Waals surface area contributed by atoms with E-state index in [-0.39, 0.29) is 6.04 Å². The first kappa shape index (κ1) is 29.2. The van der Waals surface area contributed by atoms with E-state index in [0.29, 0.717) is 16.5 Å². The fraction of sp³-hybridized carbons (Fsp3) is 0.394. The summed E-state index contributed by atoms with van der Waals surface area (Å²) in [4.78, 5) is 29.7. The van der Waals surface area contributed by atoms with E-state index in [0.717, 1.165) is 43.0 Å². The Morgan fingerprint density at radius 2 is 1.50 bits per heavy atom. The van der Waals surface area contributed by atoms with Crippen LogP contribution in [0, 0.1) is 5.41 Å². The fourth-order valence-electron chi connectivity index (χ4n) is 4.66. The number of para-hydroxylation sites is 1. The topological polar surface area (TPSA) is 70.7 Å². The molecular weight excluding hydrogens is 500 g/mol. The van der Waals surface area contributed by atoms with Crippen molar-refractivity contribution in [2.75, 3.05) is 31.1 Å². The van der Waals surface area contributed by atoms with Crippen molar-refractivity contribution >= 4 is 22.8 Å². The van der Waals surface area contributed by atoms with Crippen molar-refractivity contribution in [3.8, 4) is 11.1 Å². The Balaban J connectivity index is 0.000000681. The maximum absolute atomic E-state index is 12.5. The fourth-order valence-corrected chi connectivity index (χ4v) is 4.66. The second-order valence-electron chi connectivity index (χ2n) is 12.3.